The van der Waals surface area contributed by atoms with Gasteiger partial charge in [0.05, 0.1) is 6.10 Å². The molecule has 0 radical (unpaired) electrons. The number of anilines is 1. The molecule has 0 bridgehead atoms. The molecule has 0 aliphatic heterocycles. The van der Waals surface area contributed by atoms with Gasteiger partial charge in [0, 0.05) is 12.1 Å². The van der Waals surface area contributed by atoms with Gasteiger partial charge in [0.15, 0.2) is 0 Å². The molecular weight excluding hydrogens is 250 g/mol. The van der Waals surface area contributed by atoms with E-state index in [1.165, 1.54) is 0 Å². The highest BCUT2D eigenvalue weighted by atomic mass is 16.6. The molecule has 3 heteroatoms. The lowest BCUT2D eigenvalue weighted by atomic mass is 9.86. The van der Waals surface area contributed by atoms with Crippen molar-refractivity contribution >= 4 is 11.8 Å². The van der Waals surface area contributed by atoms with Crippen LogP contribution in [-0.4, -0.2) is 12.2 Å². The van der Waals surface area contributed by atoms with E-state index in [1.807, 2.05) is 38.1 Å². The van der Waals surface area contributed by atoms with Crippen LogP contribution in [0.5, 0.6) is 0 Å². The van der Waals surface area contributed by atoms with E-state index >= 15 is 0 Å². The fourth-order valence-electron chi connectivity index (χ4n) is 2.07. The van der Waals surface area contributed by atoms with Gasteiger partial charge in [-0.3, -0.25) is 5.32 Å². The van der Waals surface area contributed by atoms with Gasteiger partial charge in [-0.2, -0.15) is 0 Å². The van der Waals surface area contributed by atoms with Gasteiger partial charge in [0.25, 0.3) is 0 Å². The van der Waals surface area contributed by atoms with Crippen LogP contribution in [0.2, 0.25) is 0 Å². The van der Waals surface area contributed by atoms with Crippen molar-refractivity contribution in [2.45, 2.75) is 46.1 Å². The van der Waals surface area contributed by atoms with Crippen LogP contribution >= 0.6 is 0 Å². The summed E-state index contributed by atoms with van der Waals surface area (Å²) in [5, 5.41) is 2.74. The Hall–Kier alpha value is -1.95. The molecule has 20 heavy (non-hydrogen) atoms. The van der Waals surface area contributed by atoms with Crippen molar-refractivity contribution in [3.05, 3.63) is 29.8 Å². The Morgan fingerprint density at radius 1 is 1.35 bits per heavy atom. The lowest BCUT2D eigenvalue weighted by molar-refractivity contribution is 0.130. The fraction of sp³-hybridized carbons (Fsp3) is 0.471. The molecule has 0 fully saturated rings. The lowest BCUT2D eigenvalue weighted by Gasteiger charge is -2.20. The van der Waals surface area contributed by atoms with Crippen molar-refractivity contribution in [3.8, 4) is 12.3 Å². The predicted molar refractivity (Wildman–Crippen MR) is 82.7 cm³/mol. The van der Waals surface area contributed by atoms with E-state index in [4.69, 9.17) is 11.2 Å². The monoisotopic (exact) mass is 273 g/mol. The maximum atomic E-state index is 11.6. The SMILES string of the molecule is C#CCC(c1cccc(NC(=O)OC(C)C)c1)C(C)C. The topological polar surface area (TPSA) is 38.3 Å². The normalized spacial score (nSPS) is 12.1. The molecule has 0 heterocycles. The first-order chi connectivity index (χ1) is 9.43. The average molecular weight is 273 g/mol. The maximum absolute atomic E-state index is 11.6. The number of carbonyl (C=O) groups is 1. The van der Waals surface area contributed by atoms with Gasteiger partial charge in [-0.1, -0.05) is 26.0 Å². The minimum Gasteiger partial charge on any atom is -0.447 e. The molecule has 0 aromatic heterocycles. The predicted octanol–water partition coefficient (Wildman–Crippen LogP) is 4.41. The summed E-state index contributed by atoms with van der Waals surface area (Å²) in [4.78, 5) is 11.6. The van der Waals surface area contributed by atoms with Crippen LogP contribution in [0.3, 0.4) is 0 Å². The van der Waals surface area contributed by atoms with Crippen LogP contribution in [0.4, 0.5) is 10.5 Å². The zero-order valence-electron chi connectivity index (χ0n) is 12.6. The molecule has 0 spiro atoms. The van der Waals surface area contributed by atoms with E-state index in [-0.39, 0.29) is 6.10 Å². The van der Waals surface area contributed by atoms with Crippen LogP contribution in [0.1, 0.15) is 45.6 Å². The summed E-state index contributed by atoms with van der Waals surface area (Å²) in [7, 11) is 0. The van der Waals surface area contributed by atoms with Gasteiger partial charge >= 0.3 is 6.09 Å². The minimum absolute atomic E-state index is 0.136. The van der Waals surface area contributed by atoms with Crippen LogP contribution in [0, 0.1) is 18.3 Å². The zero-order chi connectivity index (χ0) is 15.1. The molecule has 1 rings (SSSR count). The fourth-order valence-corrected chi connectivity index (χ4v) is 2.07. The van der Waals surface area contributed by atoms with Gasteiger partial charge in [0.1, 0.15) is 0 Å². The van der Waals surface area contributed by atoms with Crippen LogP contribution in [0.25, 0.3) is 0 Å². The molecule has 1 unspecified atom stereocenters. The largest absolute Gasteiger partial charge is 0.447 e. The number of benzene rings is 1. The summed E-state index contributed by atoms with van der Waals surface area (Å²) in [6.07, 6.45) is 5.56. The second kappa shape index (κ2) is 7.59. The number of nitrogens with one attached hydrogen (secondary N) is 1. The third-order valence-corrected chi connectivity index (χ3v) is 3.05. The second-order valence-corrected chi connectivity index (χ2v) is 5.46. The first-order valence-electron chi connectivity index (χ1n) is 6.95. The molecular formula is C17H23NO2. The Morgan fingerprint density at radius 2 is 2.05 bits per heavy atom. The molecule has 1 amide bonds. The molecule has 0 aliphatic rings. The van der Waals surface area contributed by atoms with E-state index < -0.39 is 6.09 Å². The third-order valence-electron chi connectivity index (χ3n) is 3.05. The summed E-state index contributed by atoms with van der Waals surface area (Å²) in [6.45, 7) is 7.93. The quantitative estimate of drug-likeness (QED) is 0.807. The van der Waals surface area contributed by atoms with E-state index in [0.29, 0.717) is 18.3 Å². The summed E-state index contributed by atoms with van der Waals surface area (Å²) in [6, 6.07) is 7.77. The number of hydrogen-bond acceptors (Lipinski definition) is 2. The molecule has 3 nitrogen and oxygen atoms in total. The molecule has 108 valence electrons. The smallest absolute Gasteiger partial charge is 0.411 e. The van der Waals surface area contributed by atoms with Crippen molar-refractivity contribution in [2.24, 2.45) is 5.92 Å². The lowest BCUT2D eigenvalue weighted by Crippen LogP contribution is -2.18. The van der Waals surface area contributed by atoms with Crippen LogP contribution in [-0.2, 0) is 4.74 Å². The van der Waals surface area contributed by atoms with Gasteiger partial charge in [-0.05, 0) is 43.4 Å². The minimum atomic E-state index is -0.435. The Bertz CT molecular complexity index is 486. The standard InChI is InChI=1S/C17H23NO2/c1-6-8-16(12(2)3)14-9-7-10-15(11-14)18-17(19)20-13(4)5/h1,7,9-13,16H,8H2,2-5H3,(H,18,19). The van der Waals surface area contributed by atoms with Crippen LogP contribution in [0.15, 0.2) is 24.3 Å². The molecule has 1 aromatic rings. The highest BCUT2D eigenvalue weighted by Crippen LogP contribution is 2.29. The Labute approximate surface area is 121 Å². The summed E-state index contributed by atoms with van der Waals surface area (Å²) in [5.41, 5.74) is 1.87. The third kappa shape index (κ3) is 4.97. The molecule has 0 saturated carbocycles. The number of rotatable bonds is 5. The highest BCUT2D eigenvalue weighted by Gasteiger charge is 2.15. The van der Waals surface area contributed by atoms with Gasteiger partial charge in [0.2, 0.25) is 0 Å². The van der Waals surface area contributed by atoms with Crippen molar-refractivity contribution in [3.63, 3.8) is 0 Å². The Kier molecular flexibility index (Phi) is 6.11. The average Bonchev–Trinajstić information content (AvgIpc) is 2.34. The van der Waals surface area contributed by atoms with Crippen molar-refractivity contribution < 1.29 is 9.53 Å². The summed E-state index contributed by atoms with van der Waals surface area (Å²) >= 11 is 0. The number of ether oxygens (including phenoxy) is 1. The van der Waals surface area contributed by atoms with E-state index in [1.54, 1.807) is 0 Å². The Balaban J connectivity index is 2.84. The van der Waals surface area contributed by atoms with Crippen molar-refractivity contribution in [2.75, 3.05) is 5.32 Å². The van der Waals surface area contributed by atoms with Crippen molar-refractivity contribution in [1.82, 2.24) is 0 Å². The van der Waals surface area contributed by atoms with Gasteiger partial charge in [-0.25, -0.2) is 4.79 Å². The van der Waals surface area contributed by atoms with Gasteiger partial charge in [-0.15, -0.1) is 12.3 Å². The number of amides is 1. The van der Waals surface area contributed by atoms with Crippen LogP contribution < -0.4 is 5.32 Å². The Morgan fingerprint density at radius 3 is 2.60 bits per heavy atom. The van der Waals surface area contributed by atoms with E-state index in [9.17, 15) is 4.79 Å². The number of hydrogen-bond donors (Lipinski definition) is 1. The first-order valence-corrected chi connectivity index (χ1v) is 6.95. The highest BCUT2D eigenvalue weighted by molar-refractivity contribution is 5.84. The number of terminal acetylenes is 1. The number of carbonyl (C=O) groups excluding carboxylic acids is 1. The van der Waals surface area contributed by atoms with E-state index in [0.717, 1.165) is 11.3 Å². The first kappa shape index (κ1) is 16.1. The molecule has 1 aromatic carbocycles. The molecule has 1 atom stereocenters. The maximum Gasteiger partial charge on any atom is 0.411 e. The molecule has 0 aliphatic carbocycles. The molecule has 1 N–H and O–H groups in total. The molecule has 0 saturated heterocycles. The van der Waals surface area contributed by atoms with Gasteiger partial charge < -0.3 is 4.74 Å². The summed E-state index contributed by atoms with van der Waals surface area (Å²) in [5.74, 6) is 3.46. The summed E-state index contributed by atoms with van der Waals surface area (Å²) < 4.78 is 5.07. The zero-order valence-corrected chi connectivity index (χ0v) is 12.6. The van der Waals surface area contributed by atoms with Crippen molar-refractivity contribution in [1.29, 1.82) is 0 Å². The second-order valence-electron chi connectivity index (χ2n) is 5.46. The van der Waals surface area contributed by atoms with E-state index in [2.05, 4.69) is 25.1 Å².